The first-order chi connectivity index (χ1) is 5.34. The van der Waals surface area contributed by atoms with E-state index in [2.05, 4.69) is 16.5 Å². The molecule has 0 aliphatic heterocycles. The van der Waals surface area contributed by atoms with Gasteiger partial charge in [-0.1, -0.05) is 11.8 Å². The van der Waals surface area contributed by atoms with Gasteiger partial charge in [0.2, 0.25) is 0 Å². The van der Waals surface area contributed by atoms with E-state index in [1.54, 1.807) is 18.1 Å². The second kappa shape index (κ2) is 4.66. The molecule has 0 radical (unpaired) electrons. The van der Waals surface area contributed by atoms with E-state index < -0.39 is 0 Å². The van der Waals surface area contributed by atoms with E-state index in [1.165, 1.54) is 0 Å². The third-order valence-corrected chi connectivity index (χ3v) is 3.10. The summed E-state index contributed by atoms with van der Waals surface area (Å²) in [7, 11) is 1.96. The van der Waals surface area contributed by atoms with Gasteiger partial charge >= 0.3 is 0 Å². The maximum Gasteiger partial charge on any atom is 0.190 e. The summed E-state index contributed by atoms with van der Waals surface area (Å²) >= 11 is 3.60. The fraction of sp³-hybridized carbons (Fsp3) is 0.667. The van der Waals surface area contributed by atoms with Gasteiger partial charge in [0.15, 0.2) is 5.16 Å². The number of thioether (sulfide) groups is 2. The molecule has 3 nitrogen and oxygen atoms in total. The lowest BCUT2D eigenvalue weighted by Crippen LogP contribution is -1.91. The van der Waals surface area contributed by atoms with Crippen molar-refractivity contribution in [1.82, 2.24) is 14.8 Å². The maximum absolute atomic E-state index is 3.95. The van der Waals surface area contributed by atoms with E-state index in [0.29, 0.717) is 0 Å². The van der Waals surface area contributed by atoms with Gasteiger partial charge in [-0.05, 0) is 6.26 Å². The van der Waals surface area contributed by atoms with E-state index in [1.807, 2.05) is 23.4 Å². The van der Waals surface area contributed by atoms with Gasteiger partial charge in [0.05, 0.1) is 0 Å². The zero-order valence-electron chi connectivity index (χ0n) is 6.65. The van der Waals surface area contributed by atoms with Crippen molar-refractivity contribution in [2.24, 2.45) is 7.05 Å². The second-order valence-corrected chi connectivity index (χ2v) is 4.11. The predicted octanol–water partition coefficient (Wildman–Crippen LogP) is 1.27. The van der Waals surface area contributed by atoms with Crippen molar-refractivity contribution in [2.75, 3.05) is 17.8 Å². The van der Waals surface area contributed by atoms with Crippen molar-refractivity contribution in [3.8, 4) is 0 Å². The number of rotatable bonds is 4. The van der Waals surface area contributed by atoms with Crippen LogP contribution in [0.5, 0.6) is 0 Å². The highest BCUT2D eigenvalue weighted by Gasteiger charge is 1.98. The Hall–Kier alpha value is -0.160. The van der Waals surface area contributed by atoms with Crippen molar-refractivity contribution in [2.45, 2.75) is 5.16 Å². The second-order valence-electron chi connectivity index (χ2n) is 2.07. The Morgan fingerprint density at radius 3 is 2.91 bits per heavy atom. The minimum absolute atomic E-state index is 0.999. The molecule has 0 saturated heterocycles. The molecule has 0 spiro atoms. The van der Waals surface area contributed by atoms with Gasteiger partial charge in [-0.2, -0.15) is 11.8 Å². The van der Waals surface area contributed by atoms with E-state index in [4.69, 9.17) is 0 Å². The molecule has 0 amide bonds. The van der Waals surface area contributed by atoms with Gasteiger partial charge < -0.3 is 4.57 Å². The first-order valence-electron chi connectivity index (χ1n) is 3.30. The summed E-state index contributed by atoms with van der Waals surface area (Å²) in [4.78, 5) is 0. The van der Waals surface area contributed by atoms with Crippen LogP contribution in [0, 0.1) is 0 Å². The van der Waals surface area contributed by atoms with Gasteiger partial charge in [-0.25, -0.2) is 0 Å². The molecule has 5 heteroatoms. The Balaban J connectivity index is 2.32. The molecule has 11 heavy (non-hydrogen) atoms. The lowest BCUT2D eigenvalue weighted by atomic mass is 11.0. The van der Waals surface area contributed by atoms with Crippen molar-refractivity contribution in [3.05, 3.63) is 6.33 Å². The third kappa shape index (κ3) is 2.75. The molecule has 0 fully saturated rings. The molecule has 0 bridgehead atoms. The van der Waals surface area contributed by atoms with Gasteiger partial charge in [0.25, 0.3) is 0 Å². The highest BCUT2D eigenvalue weighted by atomic mass is 32.2. The summed E-state index contributed by atoms with van der Waals surface area (Å²) in [6.07, 6.45) is 3.83. The molecule has 0 aromatic carbocycles. The average molecular weight is 189 g/mol. The third-order valence-electron chi connectivity index (χ3n) is 1.19. The van der Waals surface area contributed by atoms with Gasteiger partial charge in [-0.15, -0.1) is 10.2 Å². The first kappa shape index (κ1) is 8.93. The maximum atomic E-state index is 3.95. The highest BCUT2D eigenvalue weighted by Crippen LogP contribution is 2.13. The lowest BCUT2D eigenvalue weighted by molar-refractivity contribution is 0.789. The zero-order chi connectivity index (χ0) is 8.10. The molecular weight excluding hydrogens is 178 g/mol. The Bertz CT molecular complexity index is 211. The summed E-state index contributed by atoms with van der Waals surface area (Å²) in [5.41, 5.74) is 0. The summed E-state index contributed by atoms with van der Waals surface area (Å²) in [5, 5.41) is 8.74. The SMILES string of the molecule is CSCCSc1nncn1C. The van der Waals surface area contributed by atoms with Crippen LogP contribution in [0.15, 0.2) is 11.5 Å². The van der Waals surface area contributed by atoms with E-state index in [0.717, 1.165) is 16.7 Å². The van der Waals surface area contributed by atoms with Gasteiger partial charge in [0, 0.05) is 18.6 Å². The number of aromatic nitrogens is 3. The quantitative estimate of drug-likeness (QED) is 0.527. The molecule has 1 aromatic rings. The number of hydrogen-bond acceptors (Lipinski definition) is 4. The van der Waals surface area contributed by atoms with Crippen LogP contribution in [0.4, 0.5) is 0 Å². The predicted molar refractivity (Wildman–Crippen MR) is 50.1 cm³/mol. The zero-order valence-corrected chi connectivity index (χ0v) is 8.28. The van der Waals surface area contributed by atoms with Crippen LogP contribution >= 0.6 is 23.5 Å². The summed E-state index contributed by atoms with van der Waals surface area (Å²) in [5.74, 6) is 2.27. The van der Waals surface area contributed by atoms with E-state index in [9.17, 15) is 0 Å². The van der Waals surface area contributed by atoms with Crippen molar-refractivity contribution < 1.29 is 0 Å². The van der Waals surface area contributed by atoms with Crippen LogP contribution < -0.4 is 0 Å². The summed E-state index contributed by atoms with van der Waals surface area (Å²) in [6.45, 7) is 0. The molecular formula is C6H11N3S2. The molecule has 0 saturated carbocycles. The molecule has 0 atom stereocenters. The molecule has 0 unspecified atom stereocenters. The number of aryl methyl sites for hydroxylation is 1. The van der Waals surface area contributed by atoms with Crippen LogP contribution in [0.3, 0.4) is 0 Å². The average Bonchev–Trinajstić information content (AvgIpc) is 2.37. The fourth-order valence-electron chi connectivity index (χ4n) is 0.620. The number of hydrogen-bond donors (Lipinski definition) is 0. The Labute approximate surface area is 75.0 Å². The molecule has 1 aromatic heterocycles. The monoisotopic (exact) mass is 189 g/mol. The molecule has 62 valence electrons. The van der Waals surface area contributed by atoms with Crippen molar-refractivity contribution >= 4 is 23.5 Å². The van der Waals surface area contributed by atoms with Crippen LogP contribution in [-0.4, -0.2) is 32.5 Å². The molecule has 0 N–H and O–H groups in total. The van der Waals surface area contributed by atoms with Crippen molar-refractivity contribution in [1.29, 1.82) is 0 Å². The Morgan fingerprint density at radius 2 is 2.36 bits per heavy atom. The van der Waals surface area contributed by atoms with Gasteiger partial charge in [0.1, 0.15) is 6.33 Å². The van der Waals surface area contributed by atoms with Crippen LogP contribution in [0.1, 0.15) is 0 Å². The lowest BCUT2D eigenvalue weighted by Gasteiger charge is -1.97. The summed E-state index contributed by atoms with van der Waals surface area (Å²) < 4.78 is 1.94. The van der Waals surface area contributed by atoms with Crippen LogP contribution in [0.25, 0.3) is 0 Å². The highest BCUT2D eigenvalue weighted by molar-refractivity contribution is 8.02. The summed E-state index contributed by atoms with van der Waals surface area (Å²) in [6, 6.07) is 0. The topological polar surface area (TPSA) is 30.7 Å². The van der Waals surface area contributed by atoms with E-state index >= 15 is 0 Å². The molecule has 0 aliphatic carbocycles. The molecule has 1 rings (SSSR count). The Morgan fingerprint density at radius 1 is 1.55 bits per heavy atom. The standard InChI is InChI=1S/C6H11N3S2/c1-9-5-7-8-6(9)11-4-3-10-2/h5H,3-4H2,1-2H3. The fourth-order valence-corrected chi connectivity index (χ4v) is 2.16. The smallest absolute Gasteiger partial charge is 0.190 e. The minimum atomic E-state index is 0.999. The molecule has 0 aliphatic rings. The van der Waals surface area contributed by atoms with Crippen LogP contribution in [0.2, 0.25) is 0 Å². The van der Waals surface area contributed by atoms with Crippen molar-refractivity contribution in [3.63, 3.8) is 0 Å². The van der Waals surface area contributed by atoms with Crippen LogP contribution in [-0.2, 0) is 7.05 Å². The largest absolute Gasteiger partial charge is 0.312 e. The van der Waals surface area contributed by atoms with Gasteiger partial charge in [-0.3, -0.25) is 0 Å². The molecule has 1 heterocycles. The number of nitrogens with zero attached hydrogens (tertiary/aromatic N) is 3. The minimum Gasteiger partial charge on any atom is -0.312 e. The van der Waals surface area contributed by atoms with E-state index in [-0.39, 0.29) is 0 Å². The Kier molecular flexibility index (Phi) is 3.79. The first-order valence-corrected chi connectivity index (χ1v) is 5.68. The normalized spacial score (nSPS) is 10.4.